The molecule has 0 spiro atoms. The van der Waals surface area contributed by atoms with Crippen molar-refractivity contribution in [2.45, 2.75) is 6.54 Å². The van der Waals surface area contributed by atoms with E-state index in [4.69, 9.17) is 23.2 Å². The van der Waals surface area contributed by atoms with Crippen LogP contribution in [0.25, 0.3) is 0 Å². The zero-order valence-corrected chi connectivity index (χ0v) is 10.8. The van der Waals surface area contributed by atoms with Crippen LogP contribution in [0.15, 0.2) is 36.4 Å². The molecule has 0 radical (unpaired) electrons. The van der Waals surface area contributed by atoms with Crippen LogP contribution in [0.2, 0.25) is 10.0 Å². The summed E-state index contributed by atoms with van der Waals surface area (Å²) in [4.78, 5) is 0. The van der Waals surface area contributed by atoms with E-state index in [9.17, 15) is 9.50 Å². The molecule has 0 aliphatic carbocycles. The maximum Gasteiger partial charge on any atom is 0.147 e. The molecule has 5 heteroatoms. The molecule has 0 aromatic heterocycles. The van der Waals surface area contributed by atoms with Crippen molar-refractivity contribution >= 4 is 28.9 Å². The van der Waals surface area contributed by atoms with Gasteiger partial charge in [-0.25, -0.2) is 4.39 Å². The first kappa shape index (κ1) is 13.0. The molecule has 0 unspecified atom stereocenters. The van der Waals surface area contributed by atoms with E-state index in [2.05, 4.69) is 5.32 Å². The van der Waals surface area contributed by atoms with Crippen LogP contribution >= 0.6 is 23.2 Å². The van der Waals surface area contributed by atoms with Gasteiger partial charge in [-0.3, -0.25) is 0 Å². The monoisotopic (exact) mass is 285 g/mol. The van der Waals surface area contributed by atoms with Crippen LogP contribution in [0, 0.1) is 5.82 Å². The molecule has 0 aliphatic heterocycles. The molecular formula is C13H10Cl2FNO. The van der Waals surface area contributed by atoms with Gasteiger partial charge in [-0.15, -0.1) is 0 Å². The molecule has 94 valence electrons. The molecule has 2 rings (SSSR count). The SMILES string of the molecule is Oc1ccc(CNc2c(F)cccc2Cl)cc1Cl. The van der Waals surface area contributed by atoms with Gasteiger partial charge < -0.3 is 10.4 Å². The highest BCUT2D eigenvalue weighted by Crippen LogP contribution is 2.27. The number of rotatable bonds is 3. The molecule has 0 saturated carbocycles. The van der Waals surface area contributed by atoms with E-state index in [1.807, 2.05) is 0 Å². The standard InChI is InChI=1S/C13H10Cl2FNO/c14-9-2-1-3-11(16)13(9)17-7-8-4-5-12(18)10(15)6-8/h1-6,17-18H,7H2. The fourth-order valence-corrected chi connectivity index (χ4v) is 1.95. The van der Waals surface area contributed by atoms with Gasteiger partial charge in [0.05, 0.1) is 15.7 Å². The average Bonchev–Trinajstić information content (AvgIpc) is 2.33. The summed E-state index contributed by atoms with van der Waals surface area (Å²) in [5.41, 5.74) is 1.07. The minimum atomic E-state index is -0.410. The first-order valence-corrected chi connectivity index (χ1v) is 5.99. The average molecular weight is 286 g/mol. The highest BCUT2D eigenvalue weighted by Gasteiger charge is 2.06. The van der Waals surface area contributed by atoms with Crippen LogP contribution in [0.1, 0.15) is 5.56 Å². The number of phenols is 1. The van der Waals surface area contributed by atoms with Gasteiger partial charge in [-0.1, -0.05) is 35.3 Å². The smallest absolute Gasteiger partial charge is 0.147 e. The largest absolute Gasteiger partial charge is 0.506 e. The fourth-order valence-electron chi connectivity index (χ4n) is 1.52. The Labute approximate surface area is 114 Å². The van der Waals surface area contributed by atoms with Crippen molar-refractivity contribution < 1.29 is 9.50 Å². The van der Waals surface area contributed by atoms with Gasteiger partial charge in [-0.05, 0) is 29.8 Å². The lowest BCUT2D eigenvalue weighted by atomic mass is 10.2. The van der Waals surface area contributed by atoms with Crippen molar-refractivity contribution in [3.63, 3.8) is 0 Å². The fraction of sp³-hybridized carbons (Fsp3) is 0.0769. The van der Waals surface area contributed by atoms with E-state index >= 15 is 0 Å². The first-order valence-electron chi connectivity index (χ1n) is 5.23. The maximum atomic E-state index is 13.5. The molecule has 0 atom stereocenters. The second kappa shape index (κ2) is 5.46. The van der Waals surface area contributed by atoms with Crippen LogP contribution in [0.3, 0.4) is 0 Å². The summed E-state index contributed by atoms with van der Waals surface area (Å²) in [7, 11) is 0. The summed E-state index contributed by atoms with van der Waals surface area (Å²) in [6, 6.07) is 9.28. The minimum Gasteiger partial charge on any atom is -0.506 e. The summed E-state index contributed by atoms with van der Waals surface area (Å²) in [5, 5.41) is 12.8. The number of benzene rings is 2. The van der Waals surface area contributed by atoms with Gasteiger partial charge in [-0.2, -0.15) is 0 Å². The van der Waals surface area contributed by atoms with Crippen molar-refractivity contribution in [3.8, 4) is 5.75 Å². The molecule has 2 aromatic rings. The highest BCUT2D eigenvalue weighted by atomic mass is 35.5. The summed E-state index contributed by atoms with van der Waals surface area (Å²) in [5.74, 6) is -0.392. The third-order valence-electron chi connectivity index (χ3n) is 2.44. The minimum absolute atomic E-state index is 0.0179. The Kier molecular flexibility index (Phi) is 3.94. The van der Waals surface area contributed by atoms with Gasteiger partial charge in [0.15, 0.2) is 0 Å². The quantitative estimate of drug-likeness (QED) is 0.873. The molecule has 18 heavy (non-hydrogen) atoms. The van der Waals surface area contributed by atoms with Crippen molar-refractivity contribution in [1.82, 2.24) is 0 Å². The Morgan fingerprint density at radius 2 is 1.89 bits per heavy atom. The summed E-state index contributed by atoms with van der Waals surface area (Å²) in [6.07, 6.45) is 0. The molecule has 2 aromatic carbocycles. The number of phenolic OH excluding ortho intramolecular Hbond substituents is 1. The molecule has 0 saturated heterocycles. The van der Waals surface area contributed by atoms with Gasteiger partial charge >= 0.3 is 0 Å². The second-order valence-electron chi connectivity index (χ2n) is 3.74. The van der Waals surface area contributed by atoms with Crippen LogP contribution in [-0.2, 0) is 6.54 Å². The third kappa shape index (κ3) is 2.86. The first-order chi connectivity index (χ1) is 8.58. The highest BCUT2D eigenvalue weighted by molar-refractivity contribution is 6.33. The number of anilines is 1. The maximum absolute atomic E-state index is 13.5. The predicted octanol–water partition coefficient (Wildman–Crippen LogP) is 4.45. The van der Waals surface area contributed by atoms with Crippen molar-refractivity contribution in [2.24, 2.45) is 0 Å². The van der Waals surface area contributed by atoms with E-state index in [1.54, 1.807) is 24.3 Å². The zero-order valence-electron chi connectivity index (χ0n) is 9.25. The zero-order chi connectivity index (χ0) is 13.1. The molecule has 2 N–H and O–H groups in total. The number of halogens is 3. The Hall–Kier alpha value is -1.45. The van der Waals surface area contributed by atoms with Crippen LogP contribution in [0.5, 0.6) is 5.75 Å². The molecule has 0 aliphatic rings. The normalized spacial score (nSPS) is 10.4. The molecular weight excluding hydrogens is 276 g/mol. The van der Waals surface area contributed by atoms with Crippen molar-refractivity contribution in [2.75, 3.05) is 5.32 Å². The lowest BCUT2D eigenvalue weighted by Gasteiger charge is -2.10. The number of aromatic hydroxyl groups is 1. The molecule has 0 bridgehead atoms. The van der Waals surface area contributed by atoms with Crippen LogP contribution in [-0.4, -0.2) is 5.11 Å². The van der Waals surface area contributed by atoms with E-state index in [1.165, 1.54) is 12.1 Å². The number of hydrogen-bond donors (Lipinski definition) is 2. The third-order valence-corrected chi connectivity index (χ3v) is 3.06. The summed E-state index contributed by atoms with van der Waals surface area (Å²) in [6.45, 7) is 0.362. The Bertz CT molecular complexity index is 555. The number of hydrogen-bond acceptors (Lipinski definition) is 2. The molecule has 0 heterocycles. The topological polar surface area (TPSA) is 32.3 Å². The molecule has 2 nitrogen and oxygen atoms in total. The Morgan fingerprint density at radius 3 is 2.56 bits per heavy atom. The van der Waals surface area contributed by atoms with E-state index in [-0.39, 0.29) is 16.5 Å². The van der Waals surface area contributed by atoms with Crippen LogP contribution < -0.4 is 5.32 Å². The lowest BCUT2D eigenvalue weighted by molar-refractivity contribution is 0.475. The van der Waals surface area contributed by atoms with Crippen molar-refractivity contribution in [3.05, 3.63) is 57.8 Å². The number of para-hydroxylation sites is 1. The van der Waals surface area contributed by atoms with Gasteiger partial charge in [0.2, 0.25) is 0 Å². The van der Waals surface area contributed by atoms with Gasteiger partial charge in [0.1, 0.15) is 11.6 Å². The number of nitrogens with one attached hydrogen (secondary N) is 1. The van der Waals surface area contributed by atoms with Crippen molar-refractivity contribution in [1.29, 1.82) is 0 Å². The predicted molar refractivity (Wildman–Crippen MR) is 71.9 cm³/mol. The van der Waals surface area contributed by atoms with E-state index < -0.39 is 5.82 Å². The Balaban J connectivity index is 2.14. The Morgan fingerprint density at radius 1 is 1.11 bits per heavy atom. The van der Waals surface area contributed by atoms with Gasteiger partial charge in [0, 0.05) is 6.54 Å². The summed E-state index contributed by atoms with van der Waals surface area (Å²) < 4.78 is 13.5. The van der Waals surface area contributed by atoms with Crippen LogP contribution in [0.4, 0.5) is 10.1 Å². The van der Waals surface area contributed by atoms with E-state index in [0.29, 0.717) is 11.6 Å². The molecule has 0 amide bonds. The van der Waals surface area contributed by atoms with E-state index in [0.717, 1.165) is 5.56 Å². The summed E-state index contributed by atoms with van der Waals surface area (Å²) >= 11 is 11.7. The molecule has 0 fully saturated rings. The second-order valence-corrected chi connectivity index (χ2v) is 4.55. The lowest BCUT2D eigenvalue weighted by Crippen LogP contribution is -2.02. The van der Waals surface area contributed by atoms with Gasteiger partial charge in [0.25, 0.3) is 0 Å².